The second kappa shape index (κ2) is 4.71. The molecule has 18 heavy (non-hydrogen) atoms. The zero-order chi connectivity index (χ0) is 13.3. The van der Waals surface area contributed by atoms with Crippen molar-refractivity contribution in [3.8, 4) is 23.1 Å². The topological polar surface area (TPSA) is 61.7 Å². The number of nitrogens with one attached hydrogen (secondary N) is 1. The van der Waals surface area contributed by atoms with Gasteiger partial charge in [0.2, 0.25) is 0 Å². The monoisotopic (exact) mass is 261 g/mol. The van der Waals surface area contributed by atoms with E-state index < -0.39 is 0 Å². The fourth-order valence-corrected chi connectivity index (χ4v) is 2.11. The molecular formula is C13H12ClN3O. The van der Waals surface area contributed by atoms with Gasteiger partial charge in [-0.15, -0.1) is 0 Å². The quantitative estimate of drug-likeness (QED) is 0.903. The van der Waals surface area contributed by atoms with Gasteiger partial charge in [0.1, 0.15) is 11.8 Å². The van der Waals surface area contributed by atoms with E-state index in [0.29, 0.717) is 22.2 Å². The molecule has 2 rings (SSSR count). The van der Waals surface area contributed by atoms with Crippen molar-refractivity contribution in [3.05, 3.63) is 34.2 Å². The number of aromatic nitrogens is 2. The van der Waals surface area contributed by atoms with E-state index in [4.69, 9.17) is 21.6 Å². The molecule has 0 saturated carbocycles. The maximum absolute atomic E-state index is 9.04. The maximum atomic E-state index is 9.04. The summed E-state index contributed by atoms with van der Waals surface area (Å²) < 4.78 is 5.37. The molecule has 0 aliphatic rings. The number of benzene rings is 1. The Balaban J connectivity index is 2.79. The highest BCUT2D eigenvalue weighted by Crippen LogP contribution is 2.38. The van der Waals surface area contributed by atoms with E-state index in [9.17, 15) is 0 Å². The summed E-state index contributed by atoms with van der Waals surface area (Å²) in [6, 6.07) is 3.90. The van der Waals surface area contributed by atoms with E-state index in [-0.39, 0.29) is 0 Å². The van der Waals surface area contributed by atoms with Gasteiger partial charge in [-0.3, -0.25) is 0 Å². The average molecular weight is 262 g/mol. The minimum atomic E-state index is 0.330. The molecule has 1 aromatic carbocycles. The number of aryl methyl sites for hydroxylation is 1. The summed E-state index contributed by atoms with van der Waals surface area (Å²) in [5.74, 6) is 0.676. The summed E-state index contributed by atoms with van der Waals surface area (Å²) in [7, 11) is 1.59. The van der Waals surface area contributed by atoms with Gasteiger partial charge >= 0.3 is 0 Å². The molecule has 2 aromatic rings. The van der Waals surface area contributed by atoms with Crippen LogP contribution in [0.15, 0.2) is 12.4 Å². The fourth-order valence-electron chi connectivity index (χ4n) is 1.96. The number of nitriles is 1. The fraction of sp³-hybridized carbons (Fsp3) is 0.231. The Morgan fingerprint density at radius 3 is 2.78 bits per heavy atom. The van der Waals surface area contributed by atoms with Gasteiger partial charge in [-0.25, -0.2) is 4.98 Å². The number of nitrogens with zero attached hydrogens (tertiary/aromatic N) is 2. The molecule has 0 amide bonds. The van der Waals surface area contributed by atoms with Gasteiger partial charge in [0.05, 0.1) is 19.1 Å². The minimum absolute atomic E-state index is 0.330. The largest absolute Gasteiger partial charge is 0.496 e. The first-order valence-corrected chi connectivity index (χ1v) is 5.75. The van der Waals surface area contributed by atoms with Crippen LogP contribution in [-0.4, -0.2) is 17.1 Å². The Morgan fingerprint density at radius 2 is 2.17 bits per heavy atom. The van der Waals surface area contributed by atoms with E-state index in [1.165, 1.54) is 6.33 Å². The predicted molar refractivity (Wildman–Crippen MR) is 69.8 cm³/mol. The van der Waals surface area contributed by atoms with E-state index in [1.807, 2.05) is 26.0 Å². The van der Waals surface area contributed by atoms with Crippen LogP contribution in [0.3, 0.4) is 0 Å². The molecule has 0 bridgehead atoms. The number of hydrogen-bond donors (Lipinski definition) is 1. The lowest BCUT2D eigenvalue weighted by molar-refractivity contribution is 0.415. The first-order chi connectivity index (χ1) is 8.60. The second-order valence-electron chi connectivity index (χ2n) is 3.95. The van der Waals surface area contributed by atoms with Crippen molar-refractivity contribution in [2.75, 3.05) is 7.11 Å². The summed E-state index contributed by atoms with van der Waals surface area (Å²) in [6.45, 7) is 3.81. The van der Waals surface area contributed by atoms with Crippen molar-refractivity contribution in [3.63, 3.8) is 0 Å². The van der Waals surface area contributed by atoms with Gasteiger partial charge in [0.25, 0.3) is 0 Å². The van der Waals surface area contributed by atoms with Crippen molar-refractivity contribution in [2.24, 2.45) is 0 Å². The number of ether oxygens (including phenoxy) is 1. The van der Waals surface area contributed by atoms with Crippen molar-refractivity contribution in [1.82, 2.24) is 9.97 Å². The molecule has 0 unspecified atom stereocenters. The Morgan fingerprint density at radius 1 is 1.44 bits per heavy atom. The molecule has 4 nitrogen and oxygen atoms in total. The summed E-state index contributed by atoms with van der Waals surface area (Å²) >= 11 is 6.25. The van der Waals surface area contributed by atoms with Crippen LogP contribution in [0, 0.1) is 25.2 Å². The van der Waals surface area contributed by atoms with Gasteiger partial charge in [-0.2, -0.15) is 5.26 Å². The molecule has 1 N–H and O–H groups in total. The molecule has 0 fully saturated rings. The highest BCUT2D eigenvalue weighted by atomic mass is 35.5. The van der Waals surface area contributed by atoms with Gasteiger partial charge < -0.3 is 9.72 Å². The van der Waals surface area contributed by atoms with Crippen LogP contribution in [-0.2, 0) is 0 Å². The van der Waals surface area contributed by atoms with Crippen molar-refractivity contribution in [2.45, 2.75) is 13.8 Å². The third kappa shape index (κ3) is 1.83. The number of H-pyrrole nitrogens is 1. The lowest BCUT2D eigenvalue weighted by atomic mass is 10.0. The molecule has 1 heterocycles. The Bertz CT molecular complexity index is 640. The van der Waals surface area contributed by atoms with Crippen LogP contribution < -0.4 is 4.74 Å². The van der Waals surface area contributed by atoms with Gasteiger partial charge in [-0.05, 0) is 31.0 Å². The molecule has 0 saturated heterocycles. The zero-order valence-electron chi connectivity index (χ0n) is 10.3. The van der Waals surface area contributed by atoms with E-state index in [2.05, 4.69) is 9.97 Å². The summed E-state index contributed by atoms with van der Waals surface area (Å²) in [4.78, 5) is 6.93. The SMILES string of the molecule is COc1cc(C)c(Cl)c(C)c1-c1[nH]cnc1C#N. The highest BCUT2D eigenvalue weighted by Gasteiger charge is 2.18. The van der Waals surface area contributed by atoms with Gasteiger partial charge in [0.15, 0.2) is 5.69 Å². The number of aromatic amines is 1. The van der Waals surface area contributed by atoms with Crippen LogP contribution >= 0.6 is 11.6 Å². The third-order valence-electron chi connectivity index (χ3n) is 2.86. The van der Waals surface area contributed by atoms with Crippen molar-refractivity contribution < 1.29 is 4.74 Å². The van der Waals surface area contributed by atoms with Crippen LogP contribution in [0.25, 0.3) is 11.3 Å². The smallest absolute Gasteiger partial charge is 0.166 e. The number of hydrogen-bond acceptors (Lipinski definition) is 3. The van der Waals surface area contributed by atoms with Crippen LogP contribution in [0.2, 0.25) is 5.02 Å². The number of rotatable bonds is 2. The lowest BCUT2D eigenvalue weighted by Crippen LogP contribution is -1.96. The van der Waals surface area contributed by atoms with Crippen molar-refractivity contribution in [1.29, 1.82) is 5.26 Å². The molecule has 0 aliphatic heterocycles. The predicted octanol–water partition coefficient (Wildman–Crippen LogP) is 3.23. The molecule has 92 valence electrons. The number of methoxy groups -OCH3 is 1. The average Bonchev–Trinajstić information content (AvgIpc) is 2.83. The summed E-state index contributed by atoms with van der Waals surface area (Å²) in [5, 5.41) is 9.71. The summed E-state index contributed by atoms with van der Waals surface area (Å²) in [6.07, 6.45) is 1.49. The van der Waals surface area contributed by atoms with E-state index in [1.54, 1.807) is 7.11 Å². The Labute approximate surface area is 110 Å². The van der Waals surface area contributed by atoms with Gasteiger partial charge in [-0.1, -0.05) is 11.6 Å². The molecule has 5 heteroatoms. The van der Waals surface area contributed by atoms with E-state index in [0.717, 1.165) is 16.7 Å². The normalized spacial score (nSPS) is 10.2. The standard InChI is InChI=1S/C13H12ClN3O/c1-7-4-10(18-3)11(8(2)12(7)14)13-9(5-15)16-6-17-13/h4,6H,1-3H3,(H,16,17). The van der Waals surface area contributed by atoms with Crippen LogP contribution in [0.5, 0.6) is 5.75 Å². The maximum Gasteiger partial charge on any atom is 0.166 e. The highest BCUT2D eigenvalue weighted by molar-refractivity contribution is 6.32. The second-order valence-corrected chi connectivity index (χ2v) is 4.33. The number of halogens is 1. The first kappa shape index (κ1) is 12.5. The molecule has 1 aromatic heterocycles. The Kier molecular flexibility index (Phi) is 3.26. The van der Waals surface area contributed by atoms with Crippen molar-refractivity contribution >= 4 is 11.6 Å². The number of imidazole rings is 1. The molecule has 0 radical (unpaired) electrons. The van der Waals surface area contributed by atoms with Crippen LogP contribution in [0.1, 0.15) is 16.8 Å². The molecule has 0 atom stereocenters. The molecule has 0 aliphatic carbocycles. The Hall–Kier alpha value is -1.99. The lowest BCUT2D eigenvalue weighted by Gasteiger charge is -2.14. The zero-order valence-corrected chi connectivity index (χ0v) is 11.1. The van der Waals surface area contributed by atoms with E-state index >= 15 is 0 Å². The van der Waals surface area contributed by atoms with Gasteiger partial charge in [0, 0.05) is 10.6 Å². The summed E-state index contributed by atoms with van der Waals surface area (Å²) in [5.41, 5.74) is 3.55. The first-order valence-electron chi connectivity index (χ1n) is 5.37. The molecular weight excluding hydrogens is 250 g/mol. The minimum Gasteiger partial charge on any atom is -0.496 e. The van der Waals surface area contributed by atoms with Crippen LogP contribution in [0.4, 0.5) is 0 Å². The molecule has 0 spiro atoms. The third-order valence-corrected chi connectivity index (χ3v) is 3.44.